The number of likely N-dealkylation sites (N-methyl/N-ethyl adjacent to an activating group) is 1. The lowest BCUT2D eigenvalue weighted by atomic mass is 10.1. The SMILES string of the molecule is CN(C)C(CNC(=O)c1ccc2c(c1)S(=O)(=O)N=C1CCCCCN12)c1cccs1. The van der Waals surface area contributed by atoms with Gasteiger partial charge in [-0.2, -0.15) is 8.42 Å². The summed E-state index contributed by atoms with van der Waals surface area (Å²) < 4.78 is 29.6. The number of hydrogen-bond acceptors (Lipinski definition) is 6. The van der Waals surface area contributed by atoms with Gasteiger partial charge in [0.1, 0.15) is 10.7 Å². The van der Waals surface area contributed by atoms with E-state index in [0.29, 0.717) is 30.1 Å². The van der Waals surface area contributed by atoms with Crippen molar-refractivity contribution in [1.82, 2.24) is 10.2 Å². The molecule has 1 unspecified atom stereocenters. The second-order valence-electron chi connectivity index (χ2n) is 7.83. The van der Waals surface area contributed by atoms with Crippen LogP contribution in [0.2, 0.25) is 0 Å². The summed E-state index contributed by atoms with van der Waals surface area (Å²) in [7, 11) is 0.137. The van der Waals surface area contributed by atoms with Crippen molar-refractivity contribution < 1.29 is 13.2 Å². The molecule has 3 heterocycles. The summed E-state index contributed by atoms with van der Waals surface area (Å²) in [5.74, 6) is 0.323. The lowest BCUT2D eigenvalue weighted by molar-refractivity contribution is 0.0942. The largest absolute Gasteiger partial charge is 0.350 e. The Bertz CT molecular complexity index is 1060. The number of anilines is 1. The Balaban J connectivity index is 1.57. The van der Waals surface area contributed by atoms with E-state index in [1.54, 1.807) is 23.5 Å². The molecule has 7 nitrogen and oxygen atoms in total. The highest BCUT2D eigenvalue weighted by atomic mass is 32.2. The smallest absolute Gasteiger partial charge is 0.286 e. The van der Waals surface area contributed by atoms with E-state index in [1.807, 2.05) is 36.5 Å². The molecule has 0 radical (unpaired) electrons. The predicted octanol–water partition coefficient (Wildman–Crippen LogP) is 3.26. The van der Waals surface area contributed by atoms with Gasteiger partial charge >= 0.3 is 0 Å². The predicted molar refractivity (Wildman–Crippen MR) is 120 cm³/mol. The Morgan fingerprint density at radius 3 is 2.83 bits per heavy atom. The molecule has 30 heavy (non-hydrogen) atoms. The third-order valence-electron chi connectivity index (χ3n) is 5.56. The summed E-state index contributed by atoms with van der Waals surface area (Å²) >= 11 is 1.64. The minimum absolute atomic E-state index is 0.0552. The van der Waals surface area contributed by atoms with Gasteiger partial charge in [-0.3, -0.25) is 4.79 Å². The van der Waals surface area contributed by atoms with Crippen LogP contribution < -0.4 is 10.2 Å². The molecule has 1 N–H and O–H groups in total. The molecule has 0 saturated carbocycles. The second kappa shape index (κ2) is 8.49. The number of fused-ring (bicyclic) bond motifs is 3. The maximum atomic E-state index is 12.8. The average Bonchev–Trinajstić information content (AvgIpc) is 3.13. The van der Waals surface area contributed by atoms with Crippen LogP contribution in [0, 0.1) is 0 Å². The van der Waals surface area contributed by atoms with Crippen molar-refractivity contribution in [2.24, 2.45) is 4.40 Å². The monoisotopic (exact) mass is 446 g/mol. The van der Waals surface area contributed by atoms with E-state index in [-0.39, 0.29) is 16.8 Å². The molecular weight excluding hydrogens is 420 g/mol. The van der Waals surface area contributed by atoms with Crippen LogP contribution in [0.4, 0.5) is 5.69 Å². The number of carbonyl (C=O) groups is 1. The van der Waals surface area contributed by atoms with E-state index in [4.69, 9.17) is 0 Å². The van der Waals surface area contributed by atoms with Crippen molar-refractivity contribution in [2.45, 2.75) is 36.6 Å². The van der Waals surface area contributed by atoms with E-state index < -0.39 is 10.0 Å². The van der Waals surface area contributed by atoms with Gasteiger partial charge in [0, 0.05) is 30.0 Å². The van der Waals surface area contributed by atoms with Crippen LogP contribution in [-0.2, 0) is 10.0 Å². The summed E-state index contributed by atoms with van der Waals surface area (Å²) in [6.07, 6.45) is 3.66. The van der Waals surface area contributed by atoms with E-state index in [1.165, 1.54) is 6.07 Å². The Labute approximate surface area is 181 Å². The third kappa shape index (κ3) is 4.14. The molecule has 2 aliphatic heterocycles. The number of amides is 1. The number of thiophene rings is 1. The standard InChI is InChI=1S/C21H26N4O3S2/c1-24(2)17(18-7-6-12-29-18)14-22-21(26)15-9-10-16-19(13-15)30(27,28)23-20-8-4-3-5-11-25(16)20/h6-7,9-10,12-13,17H,3-5,8,11,14H2,1-2H3,(H,22,26). The molecule has 1 aromatic carbocycles. The first-order chi connectivity index (χ1) is 14.4. The molecule has 1 atom stereocenters. The van der Waals surface area contributed by atoms with Crippen LogP contribution in [0.5, 0.6) is 0 Å². The Morgan fingerprint density at radius 1 is 1.27 bits per heavy atom. The molecule has 0 bridgehead atoms. The van der Waals surface area contributed by atoms with Gasteiger partial charge in [0.25, 0.3) is 15.9 Å². The van der Waals surface area contributed by atoms with E-state index in [9.17, 15) is 13.2 Å². The fraction of sp³-hybridized carbons (Fsp3) is 0.429. The maximum absolute atomic E-state index is 12.8. The van der Waals surface area contributed by atoms with Gasteiger partial charge in [-0.15, -0.1) is 15.7 Å². The number of carbonyl (C=O) groups excluding carboxylic acids is 1. The van der Waals surface area contributed by atoms with Gasteiger partial charge in [-0.05, 0) is 56.6 Å². The maximum Gasteiger partial charge on any atom is 0.286 e. The molecule has 9 heteroatoms. The number of nitrogens with one attached hydrogen (secondary N) is 1. The first kappa shape index (κ1) is 21.0. The summed E-state index contributed by atoms with van der Waals surface area (Å²) in [6, 6.07) is 8.99. The van der Waals surface area contributed by atoms with Gasteiger partial charge in [0.2, 0.25) is 0 Å². The zero-order chi connectivity index (χ0) is 21.3. The minimum atomic E-state index is -3.81. The van der Waals surface area contributed by atoms with Gasteiger partial charge in [0.05, 0.1) is 11.7 Å². The summed E-state index contributed by atoms with van der Waals surface area (Å²) in [5.41, 5.74) is 0.956. The van der Waals surface area contributed by atoms with Gasteiger partial charge in [0.15, 0.2) is 0 Å². The highest BCUT2D eigenvalue weighted by Crippen LogP contribution is 2.35. The van der Waals surface area contributed by atoms with Gasteiger partial charge in [-0.25, -0.2) is 0 Å². The van der Waals surface area contributed by atoms with E-state index in [2.05, 4.69) is 14.6 Å². The minimum Gasteiger partial charge on any atom is -0.350 e. The van der Waals surface area contributed by atoms with Crippen molar-refractivity contribution in [3.8, 4) is 0 Å². The first-order valence-corrected chi connectivity index (χ1v) is 12.4. The molecule has 1 saturated heterocycles. The molecule has 2 aromatic rings. The summed E-state index contributed by atoms with van der Waals surface area (Å²) in [5, 5.41) is 4.96. The second-order valence-corrected chi connectivity index (χ2v) is 10.4. The number of nitrogens with zero attached hydrogens (tertiary/aromatic N) is 3. The molecule has 1 fully saturated rings. The van der Waals surface area contributed by atoms with Crippen molar-refractivity contribution in [3.05, 3.63) is 46.2 Å². The van der Waals surface area contributed by atoms with Crippen molar-refractivity contribution in [2.75, 3.05) is 32.1 Å². The number of amidine groups is 1. The first-order valence-electron chi connectivity index (χ1n) is 10.1. The number of sulfonamides is 1. The molecule has 1 amide bonds. The zero-order valence-corrected chi connectivity index (χ0v) is 18.8. The topological polar surface area (TPSA) is 82.1 Å². The Hall–Kier alpha value is -2.23. The third-order valence-corrected chi connectivity index (χ3v) is 7.87. The van der Waals surface area contributed by atoms with Crippen LogP contribution in [0.25, 0.3) is 0 Å². The number of hydrogen-bond donors (Lipinski definition) is 1. The molecule has 160 valence electrons. The lowest BCUT2D eigenvalue weighted by Crippen LogP contribution is -2.36. The van der Waals surface area contributed by atoms with Crippen molar-refractivity contribution >= 4 is 38.8 Å². The molecule has 4 rings (SSSR count). The van der Waals surface area contributed by atoms with Crippen LogP contribution in [0.15, 0.2) is 45.0 Å². The molecule has 0 spiro atoms. The molecule has 2 aliphatic rings. The van der Waals surface area contributed by atoms with Crippen molar-refractivity contribution in [1.29, 1.82) is 0 Å². The van der Waals surface area contributed by atoms with Crippen LogP contribution in [0.3, 0.4) is 0 Å². The normalized spacial score (nSPS) is 18.8. The summed E-state index contributed by atoms with van der Waals surface area (Å²) in [4.78, 5) is 18.1. The van der Waals surface area contributed by atoms with Crippen LogP contribution in [-0.4, -0.2) is 52.2 Å². The zero-order valence-electron chi connectivity index (χ0n) is 17.2. The van der Waals surface area contributed by atoms with Crippen molar-refractivity contribution in [3.63, 3.8) is 0 Å². The van der Waals surface area contributed by atoms with Crippen LogP contribution in [0.1, 0.15) is 47.0 Å². The fourth-order valence-corrected chi connectivity index (χ4v) is 6.14. The highest BCUT2D eigenvalue weighted by molar-refractivity contribution is 7.90. The fourth-order valence-electron chi connectivity index (χ4n) is 3.93. The average molecular weight is 447 g/mol. The summed E-state index contributed by atoms with van der Waals surface area (Å²) in [6.45, 7) is 1.18. The number of rotatable bonds is 5. The number of benzene rings is 1. The van der Waals surface area contributed by atoms with Gasteiger partial charge in [-0.1, -0.05) is 12.5 Å². The molecule has 1 aromatic heterocycles. The molecular formula is C21H26N4O3S2. The Kier molecular flexibility index (Phi) is 5.95. The van der Waals surface area contributed by atoms with E-state index >= 15 is 0 Å². The highest BCUT2D eigenvalue weighted by Gasteiger charge is 2.32. The molecule has 0 aliphatic carbocycles. The van der Waals surface area contributed by atoms with E-state index in [0.717, 1.165) is 30.7 Å². The van der Waals surface area contributed by atoms with Crippen LogP contribution >= 0.6 is 11.3 Å². The van der Waals surface area contributed by atoms with Gasteiger partial charge < -0.3 is 15.1 Å². The lowest BCUT2D eigenvalue weighted by Gasteiger charge is -2.29. The Morgan fingerprint density at radius 2 is 2.10 bits per heavy atom. The quantitative estimate of drug-likeness (QED) is 0.762.